The number of carbonyl (C=O) groups excluding carboxylic acids is 2. The molecule has 0 aliphatic heterocycles. The molecule has 2 aromatic carbocycles. The van der Waals surface area contributed by atoms with E-state index in [0.29, 0.717) is 12.4 Å². The van der Waals surface area contributed by atoms with Crippen LogP contribution >= 0.6 is 0 Å². The highest BCUT2D eigenvalue weighted by atomic mass is 16.6. The number of esters is 1. The van der Waals surface area contributed by atoms with E-state index >= 15 is 0 Å². The van der Waals surface area contributed by atoms with Crippen molar-refractivity contribution < 1.29 is 23.8 Å². The van der Waals surface area contributed by atoms with E-state index in [1.165, 1.54) is 6.92 Å². The normalized spacial score (nSPS) is 12.0. The molecule has 6 nitrogen and oxygen atoms in total. The summed E-state index contributed by atoms with van der Waals surface area (Å²) in [5.41, 5.74) is -0.144. The largest absolute Gasteiger partial charge is 0.490 e. The summed E-state index contributed by atoms with van der Waals surface area (Å²) >= 11 is 0. The summed E-state index contributed by atoms with van der Waals surface area (Å²) in [4.78, 5) is 24.6. The average molecular weight is 385 g/mol. The summed E-state index contributed by atoms with van der Waals surface area (Å²) in [5, 5.41) is 2.78. The molecule has 0 spiro atoms. The van der Waals surface area contributed by atoms with Crippen LogP contribution in [0.15, 0.2) is 54.6 Å². The highest BCUT2D eigenvalue weighted by Gasteiger charge is 2.24. The molecular formula is C22H27NO5. The molecule has 0 saturated carbocycles. The molecule has 0 aliphatic rings. The highest BCUT2D eigenvalue weighted by molar-refractivity contribution is 5.94. The van der Waals surface area contributed by atoms with Crippen molar-refractivity contribution in [2.24, 2.45) is 0 Å². The van der Waals surface area contributed by atoms with Gasteiger partial charge in [0.05, 0.1) is 0 Å². The summed E-state index contributed by atoms with van der Waals surface area (Å²) in [6.45, 7) is 7.72. The summed E-state index contributed by atoms with van der Waals surface area (Å²) < 4.78 is 16.6. The fourth-order valence-corrected chi connectivity index (χ4v) is 2.34. The van der Waals surface area contributed by atoms with E-state index in [9.17, 15) is 9.59 Å². The number of nitrogens with one attached hydrogen (secondary N) is 1. The first kappa shape index (κ1) is 21.3. The number of para-hydroxylation sites is 2. The van der Waals surface area contributed by atoms with Crippen LogP contribution in [0, 0.1) is 0 Å². The summed E-state index contributed by atoms with van der Waals surface area (Å²) in [6, 6.07) is 16.2. The van der Waals surface area contributed by atoms with Crippen LogP contribution in [-0.2, 0) is 9.53 Å². The van der Waals surface area contributed by atoms with Crippen LogP contribution in [0.1, 0.15) is 38.1 Å². The van der Waals surface area contributed by atoms with E-state index < -0.39 is 17.6 Å². The first-order valence-corrected chi connectivity index (χ1v) is 9.19. The van der Waals surface area contributed by atoms with Gasteiger partial charge in [-0.1, -0.05) is 30.3 Å². The quantitative estimate of drug-likeness (QED) is 0.555. The lowest BCUT2D eigenvalue weighted by Crippen LogP contribution is -2.46. The number of carbonyl (C=O) groups is 2. The van der Waals surface area contributed by atoms with Gasteiger partial charge in [0.15, 0.2) is 6.10 Å². The highest BCUT2D eigenvalue weighted by Crippen LogP contribution is 2.20. The van der Waals surface area contributed by atoms with Crippen molar-refractivity contribution in [3.05, 3.63) is 60.2 Å². The molecule has 6 heteroatoms. The Morgan fingerprint density at radius 2 is 1.54 bits per heavy atom. The minimum atomic E-state index is -0.916. The number of benzene rings is 2. The van der Waals surface area contributed by atoms with Gasteiger partial charge in [-0.2, -0.15) is 0 Å². The van der Waals surface area contributed by atoms with Crippen molar-refractivity contribution in [1.29, 1.82) is 0 Å². The number of hydrogen-bond acceptors (Lipinski definition) is 5. The van der Waals surface area contributed by atoms with Crippen molar-refractivity contribution in [3.63, 3.8) is 0 Å². The molecule has 0 saturated heterocycles. The minimum Gasteiger partial charge on any atom is -0.490 e. The van der Waals surface area contributed by atoms with Gasteiger partial charge in [-0.3, -0.25) is 4.79 Å². The van der Waals surface area contributed by atoms with Crippen LogP contribution in [-0.4, -0.2) is 36.7 Å². The molecule has 2 rings (SSSR count). The van der Waals surface area contributed by atoms with Gasteiger partial charge >= 0.3 is 5.97 Å². The van der Waals surface area contributed by atoms with Crippen molar-refractivity contribution in [2.75, 3.05) is 13.2 Å². The lowest BCUT2D eigenvalue weighted by molar-refractivity contribution is -0.130. The van der Waals surface area contributed by atoms with Crippen LogP contribution in [0.25, 0.3) is 0 Å². The average Bonchev–Trinajstić information content (AvgIpc) is 2.65. The van der Waals surface area contributed by atoms with E-state index in [4.69, 9.17) is 14.2 Å². The second kappa shape index (κ2) is 9.78. The van der Waals surface area contributed by atoms with Crippen molar-refractivity contribution in [2.45, 2.75) is 39.3 Å². The van der Waals surface area contributed by atoms with Crippen molar-refractivity contribution in [3.8, 4) is 11.5 Å². The predicted molar refractivity (Wildman–Crippen MR) is 107 cm³/mol. The minimum absolute atomic E-state index is 0.262. The Bertz CT molecular complexity index is 783. The zero-order valence-electron chi connectivity index (χ0n) is 16.7. The zero-order valence-corrected chi connectivity index (χ0v) is 16.7. The SMILES string of the molecule is CC(OC(=O)c1ccccc1OCCOc1ccccc1)C(=O)NC(C)(C)C. The van der Waals surface area contributed by atoms with E-state index in [-0.39, 0.29) is 18.1 Å². The van der Waals surface area contributed by atoms with Crippen LogP contribution in [0.2, 0.25) is 0 Å². The third-order valence-electron chi connectivity index (χ3n) is 3.61. The first-order chi connectivity index (χ1) is 13.3. The smallest absolute Gasteiger partial charge is 0.342 e. The second-order valence-corrected chi connectivity index (χ2v) is 7.29. The number of ether oxygens (including phenoxy) is 3. The molecule has 0 fully saturated rings. The van der Waals surface area contributed by atoms with E-state index in [0.717, 1.165) is 5.75 Å². The molecule has 150 valence electrons. The Morgan fingerprint density at radius 3 is 2.21 bits per heavy atom. The Morgan fingerprint density at radius 1 is 0.929 bits per heavy atom. The maximum atomic E-state index is 12.5. The molecule has 0 radical (unpaired) electrons. The zero-order chi connectivity index (χ0) is 20.6. The Labute approximate surface area is 165 Å². The van der Waals surface area contributed by atoms with Gasteiger partial charge in [0.2, 0.25) is 0 Å². The van der Waals surface area contributed by atoms with Crippen LogP contribution in [0.4, 0.5) is 0 Å². The molecule has 1 amide bonds. The van der Waals surface area contributed by atoms with Gasteiger partial charge in [0.1, 0.15) is 30.3 Å². The molecule has 0 aromatic heterocycles. The lowest BCUT2D eigenvalue weighted by atomic mass is 10.1. The fourth-order valence-electron chi connectivity index (χ4n) is 2.34. The third-order valence-corrected chi connectivity index (χ3v) is 3.61. The molecular weight excluding hydrogens is 358 g/mol. The van der Waals surface area contributed by atoms with Gasteiger partial charge in [0, 0.05) is 5.54 Å². The van der Waals surface area contributed by atoms with Crippen LogP contribution in [0.3, 0.4) is 0 Å². The van der Waals surface area contributed by atoms with Crippen LogP contribution < -0.4 is 14.8 Å². The number of rotatable bonds is 8. The summed E-state index contributed by atoms with van der Waals surface area (Å²) in [7, 11) is 0. The molecule has 2 aromatic rings. The summed E-state index contributed by atoms with van der Waals surface area (Å²) in [6.07, 6.45) is -0.916. The second-order valence-electron chi connectivity index (χ2n) is 7.29. The number of amides is 1. The van der Waals surface area contributed by atoms with Crippen molar-refractivity contribution >= 4 is 11.9 Å². The van der Waals surface area contributed by atoms with E-state index in [1.807, 2.05) is 51.1 Å². The maximum Gasteiger partial charge on any atom is 0.342 e. The van der Waals surface area contributed by atoms with Gasteiger partial charge < -0.3 is 19.5 Å². The topological polar surface area (TPSA) is 73.9 Å². The monoisotopic (exact) mass is 385 g/mol. The standard InChI is InChI=1S/C22H27NO5/c1-16(20(24)23-22(2,3)4)28-21(25)18-12-8-9-13-19(18)27-15-14-26-17-10-6-5-7-11-17/h5-13,16H,14-15H2,1-4H3,(H,23,24). The fraction of sp³-hybridized carbons (Fsp3) is 0.364. The molecule has 0 heterocycles. The van der Waals surface area contributed by atoms with Gasteiger partial charge in [0.25, 0.3) is 5.91 Å². The molecule has 0 bridgehead atoms. The third kappa shape index (κ3) is 6.95. The predicted octanol–water partition coefficient (Wildman–Crippen LogP) is 3.60. The lowest BCUT2D eigenvalue weighted by Gasteiger charge is -2.23. The number of hydrogen-bond donors (Lipinski definition) is 1. The Kier molecular flexibility index (Phi) is 7.44. The molecule has 0 aliphatic carbocycles. The first-order valence-electron chi connectivity index (χ1n) is 9.19. The molecule has 1 N–H and O–H groups in total. The van der Waals surface area contributed by atoms with E-state index in [1.54, 1.807) is 24.3 Å². The Hall–Kier alpha value is -3.02. The van der Waals surface area contributed by atoms with Gasteiger partial charge in [-0.25, -0.2) is 4.79 Å². The maximum absolute atomic E-state index is 12.5. The van der Waals surface area contributed by atoms with Crippen LogP contribution in [0.5, 0.6) is 11.5 Å². The van der Waals surface area contributed by atoms with Gasteiger partial charge in [-0.15, -0.1) is 0 Å². The van der Waals surface area contributed by atoms with E-state index in [2.05, 4.69) is 5.32 Å². The molecule has 28 heavy (non-hydrogen) atoms. The summed E-state index contributed by atoms with van der Waals surface area (Å²) in [5.74, 6) is 0.164. The Balaban J connectivity index is 1.91. The van der Waals surface area contributed by atoms with Crippen molar-refractivity contribution in [1.82, 2.24) is 5.32 Å². The molecule has 1 unspecified atom stereocenters. The van der Waals surface area contributed by atoms with Gasteiger partial charge in [-0.05, 0) is 52.0 Å². The molecule has 1 atom stereocenters.